The highest BCUT2D eigenvalue weighted by atomic mass is 35.5. The minimum atomic E-state index is -1.99. The lowest BCUT2D eigenvalue weighted by molar-refractivity contribution is -0.179. The van der Waals surface area contributed by atoms with Crippen molar-refractivity contribution in [1.82, 2.24) is 0 Å². The van der Waals surface area contributed by atoms with E-state index in [2.05, 4.69) is 10.1 Å². The molecule has 124 valence electrons. The number of benzene rings is 1. The van der Waals surface area contributed by atoms with Gasteiger partial charge < -0.3 is 19.9 Å². The summed E-state index contributed by atoms with van der Waals surface area (Å²) >= 11 is 5.88. The number of amides is 1. The van der Waals surface area contributed by atoms with Gasteiger partial charge in [0, 0.05) is 13.8 Å². The predicted octanol–water partition coefficient (Wildman–Crippen LogP) is 1.23. The molecule has 0 unspecified atom stereocenters. The molecule has 0 heterocycles. The van der Waals surface area contributed by atoms with E-state index in [0.717, 1.165) is 13.8 Å². The van der Waals surface area contributed by atoms with Gasteiger partial charge in [0.2, 0.25) is 12.2 Å². The van der Waals surface area contributed by atoms with E-state index in [4.69, 9.17) is 21.4 Å². The fourth-order valence-corrected chi connectivity index (χ4v) is 1.80. The van der Waals surface area contributed by atoms with Crippen molar-refractivity contribution in [3.8, 4) is 0 Å². The molecule has 1 aromatic carbocycles. The van der Waals surface area contributed by atoms with Crippen molar-refractivity contribution in [2.45, 2.75) is 26.1 Å². The Morgan fingerprint density at radius 1 is 1.04 bits per heavy atom. The van der Waals surface area contributed by atoms with Gasteiger partial charge in [0.1, 0.15) is 0 Å². The van der Waals surface area contributed by atoms with E-state index < -0.39 is 36.0 Å². The predicted molar refractivity (Wildman–Crippen MR) is 78.8 cm³/mol. The topological polar surface area (TPSA) is 119 Å². The van der Waals surface area contributed by atoms with Gasteiger partial charge >= 0.3 is 17.9 Å². The first-order valence-corrected chi connectivity index (χ1v) is 6.72. The maximum Gasteiger partial charge on any atom is 0.349 e. The third-order valence-electron chi connectivity index (χ3n) is 2.49. The van der Waals surface area contributed by atoms with Gasteiger partial charge in [-0.3, -0.25) is 14.4 Å². The number of carbonyl (C=O) groups is 4. The van der Waals surface area contributed by atoms with Crippen molar-refractivity contribution in [2.24, 2.45) is 0 Å². The fraction of sp³-hybridized carbons (Fsp3) is 0.286. The van der Waals surface area contributed by atoms with Gasteiger partial charge in [0.15, 0.2) is 0 Å². The summed E-state index contributed by atoms with van der Waals surface area (Å²) in [5.41, 5.74) is 0.184. The van der Waals surface area contributed by atoms with Crippen LogP contribution in [0.15, 0.2) is 24.3 Å². The Hall–Kier alpha value is -2.61. The van der Waals surface area contributed by atoms with E-state index in [0.29, 0.717) is 0 Å². The molecule has 0 saturated heterocycles. The van der Waals surface area contributed by atoms with Gasteiger partial charge in [-0.25, -0.2) is 4.79 Å². The lowest BCUT2D eigenvalue weighted by Crippen LogP contribution is -2.47. The first kappa shape index (κ1) is 18.4. The summed E-state index contributed by atoms with van der Waals surface area (Å²) in [7, 11) is 0. The average molecular weight is 344 g/mol. The van der Waals surface area contributed by atoms with Crippen LogP contribution in [0.5, 0.6) is 0 Å². The fourth-order valence-electron chi connectivity index (χ4n) is 1.62. The van der Waals surface area contributed by atoms with E-state index in [9.17, 15) is 19.2 Å². The second-order valence-corrected chi connectivity index (χ2v) is 4.77. The molecule has 1 aromatic rings. The Labute approximate surface area is 136 Å². The highest BCUT2D eigenvalue weighted by Gasteiger charge is 2.39. The number of carboxylic acid groups (broad SMARTS) is 1. The van der Waals surface area contributed by atoms with Crippen LogP contribution in [0.25, 0.3) is 0 Å². The number of aliphatic carboxylic acids is 1. The van der Waals surface area contributed by atoms with Crippen LogP contribution < -0.4 is 5.32 Å². The van der Waals surface area contributed by atoms with Gasteiger partial charge in [-0.2, -0.15) is 0 Å². The highest BCUT2D eigenvalue weighted by molar-refractivity contribution is 6.33. The normalized spacial score (nSPS) is 12.7. The monoisotopic (exact) mass is 343 g/mol. The Kier molecular flexibility index (Phi) is 6.52. The average Bonchev–Trinajstić information content (AvgIpc) is 2.44. The first-order chi connectivity index (χ1) is 10.7. The molecule has 0 radical (unpaired) electrons. The molecule has 0 spiro atoms. The van der Waals surface area contributed by atoms with Crippen molar-refractivity contribution in [2.75, 3.05) is 5.32 Å². The lowest BCUT2D eigenvalue weighted by Gasteiger charge is -2.22. The quantitative estimate of drug-likeness (QED) is 0.745. The molecule has 1 rings (SSSR count). The van der Waals surface area contributed by atoms with Crippen LogP contribution in [-0.4, -0.2) is 41.1 Å². The van der Waals surface area contributed by atoms with Crippen molar-refractivity contribution >= 4 is 41.1 Å². The Bertz CT molecular complexity index is 631. The van der Waals surface area contributed by atoms with Crippen molar-refractivity contribution in [3.63, 3.8) is 0 Å². The molecule has 0 aliphatic rings. The molecule has 2 atom stereocenters. The summed E-state index contributed by atoms with van der Waals surface area (Å²) in [6.45, 7) is 1.95. The van der Waals surface area contributed by atoms with Gasteiger partial charge in [-0.05, 0) is 12.1 Å². The number of hydrogen-bond acceptors (Lipinski definition) is 6. The maximum absolute atomic E-state index is 12.2. The zero-order valence-electron chi connectivity index (χ0n) is 12.2. The Morgan fingerprint density at radius 3 is 2.04 bits per heavy atom. The van der Waals surface area contributed by atoms with Gasteiger partial charge in [-0.15, -0.1) is 0 Å². The van der Waals surface area contributed by atoms with E-state index in [-0.39, 0.29) is 10.7 Å². The lowest BCUT2D eigenvalue weighted by atomic mass is 10.1. The Balaban J connectivity index is 3.06. The van der Waals surface area contributed by atoms with Crippen molar-refractivity contribution < 1.29 is 33.8 Å². The number of carboxylic acids is 1. The summed E-state index contributed by atoms with van der Waals surface area (Å²) in [5.74, 6) is -4.49. The van der Waals surface area contributed by atoms with Crippen LogP contribution in [0.3, 0.4) is 0 Å². The first-order valence-electron chi connectivity index (χ1n) is 6.35. The van der Waals surface area contributed by atoms with E-state index >= 15 is 0 Å². The number of hydrogen-bond donors (Lipinski definition) is 2. The summed E-state index contributed by atoms with van der Waals surface area (Å²) in [6.07, 6.45) is -3.86. The number of ether oxygens (including phenoxy) is 2. The second kappa shape index (κ2) is 8.14. The van der Waals surface area contributed by atoms with Crippen LogP contribution in [0, 0.1) is 0 Å². The molecule has 2 N–H and O–H groups in total. The minimum Gasteiger partial charge on any atom is -0.478 e. The molecule has 23 heavy (non-hydrogen) atoms. The largest absolute Gasteiger partial charge is 0.478 e. The molecule has 0 fully saturated rings. The summed E-state index contributed by atoms with van der Waals surface area (Å²) in [5, 5.41) is 11.6. The molecule has 1 amide bonds. The number of nitrogens with one attached hydrogen (secondary N) is 1. The van der Waals surface area contributed by atoms with E-state index in [1.165, 1.54) is 12.1 Å². The van der Waals surface area contributed by atoms with Crippen molar-refractivity contribution in [3.05, 3.63) is 29.3 Å². The second-order valence-electron chi connectivity index (χ2n) is 4.37. The van der Waals surface area contributed by atoms with Crippen molar-refractivity contribution in [1.29, 1.82) is 0 Å². The minimum absolute atomic E-state index is 0.184. The van der Waals surface area contributed by atoms with Crippen LogP contribution in [0.1, 0.15) is 13.8 Å². The number of rotatable bonds is 6. The number of para-hydroxylation sites is 1. The maximum atomic E-state index is 12.2. The van der Waals surface area contributed by atoms with Gasteiger partial charge in [0.05, 0.1) is 10.7 Å². The zero-order valence-corrected chi connectivity index (χ0v) is 13.0. The molecule has 0 bridgehead atoms. The number of carbonyl (C=O) groups excluding carboxylic acids is 3. The molecule has 9 heteroatoms. The third kappa shape index (κ3) is 5.59. The van der Waals surface area contributed by atoms with Crippen LogP contribution in [0.4, 0.5) is 5.69 Å². The summed E-state index contributed by atoms with van der Waals surface area (Å²) in [6, 6.07) is 6.18. The highest BCUT2D eigenvalue weighted by Crippen LogP contribution is 2.21. The molecule has 0 aromatic heterocycles. The molecular weight excluding hydrogens is 330 g/mol. The number of esters is 2. The zero-order chi connectivity index (χ0) is 17.6. The third-order valence-corrected chi connectivity index (χ3v) is 2.82. The van der Waals surface area contributed by atoms with E-state index in [1.807, 2.05) is 0 Å². The van der Waals surface area contributed by atoms with Crippen LogP contribution in [0.2, 0.25) is 5.02 Å². The molecule has 0 aliphatic heterocycles. The number of halogens is 1. The molecular formula is C14H14ClNO7. The summed E-state index contributed by atoms with van der Waals surface area (Å²) in [4.78, 5) is 45.6. The molecule has 8 nitrogen and oxygen atoms in total. The van der Waals surface area contributed by atoms with Crippen LogP contribution >= 0.6 is 11.6 Å². The SMILES string of the molecule is CC(=O)O[C@@H](C(=O)O)[C@@H](OC(C)=O)C(=O)Nc1ccccc1Cl. The van der Waals surface area contributed by atoms with Crippen LogP contribution in [-0.2, 0) is 28.7 Å². The smallest absolute Gasteiger partial charge is 0.349 e. The van der Waals surface area contributed by atoms with E-state index in [1.54, 1.807) is 12.1 Å². The molecule has 0 aliphatic carbocycles. The Morgan fingerprint density at radius 2 is 1.57 bits per heavy atom. The number of anilines is 1. The van der Waals surface area contributed by atoms with Gasteiger partial charge in [0.25, 0.3) is 5.91 Å². The standard InChI is InChI=1S/C14H14ClNO7/c1-7(17)22-11(12(14(20)21)23-8(2)18)13(19)16-10-6-4-3-5-9(10)15/h3-6,11-12H,1-2H3,(H,16,19)(H,20,21)/t11-,12-/m1/s1. The molecule has 0 saturated carbocycles. The summed E-state index contributed by atoms with van der Waals surface area (Å²) < 4.78 is 9.25. The van der Waals surface area contributed by atoms with Gasteiger partial charge in [-0.1, -0.05) is 23.7 Å².